The van der Waals surface area contributed by atoms with Gasteiger partial charge >= 0.3 is 0 Å². The third-order valence-electron chi connectivity index (χ3n) is 4.20. The Labute approximate surface area is 160 Å². The number of rotatable bonds is 7. The summed E-state index contributed by atoms with van der Waals surface area (Å²) in [6.07, 6.45) is 1.11. The third-order valence-corrected chi connectivity index (χ3v) is 4.51. The van der Waals surface area contributed by atoms with Gasteiger partial charge in [0.15, 0.2) is 11.6 Å². The molecule has 0 saturated carbocycles. The van der Waals surface area contributed by atoms with E-state index in [0.717, 1.165) is 0 Å². The Hall–Kier alpha value is -2.60. The lowest BCUT2D eigenvalue weighted by Crippen LogP contribution is -2.14. The van der Waals surface area contributed by atoms with Gasteiger partial charge in [-0.25, -0.2) is 18.4 Å². The Morgan fingerprint density at radius 3 is 2.63 bits per heavy atom. The van der Waals surface area contributed by atoms with Crippen molar-refractivity contribution in [2.45, 2.75) is 32.7 Å². The first-order chi connectivity index (χ1) is 13.0. The van der Waals surface area contributed by atoms with E-state index in [4.69, 9.17) is 11.6 Å². The molecular weight excluding hydrogens is 372 g/mol. The molecule has 0 atom stereocenters. The molecule has 4 nitrogen and oxygen atoms in total. The van der Waals surface area contributed by atoms with Crippen LogP contribution in [-0.4, -0.2) is 20.5 Å². The van der Waals surface area contributed by atoms with Gasteiger partial charge in [-0.3, -0.25) is 4.79 Å². The Bertz CT molecular complexity index is 972. The Balaban J connectivity index is 1.72. The molecule has 0 amide bonds. The Kier molecular flexibility index (Phi) is 5.96. The van der Waals surface area contributed by atoms with Crippen LogP contribution in [0.1, 0.15) is 24.7 Å². The van der Waals surface area contributed by atoms with Gasteiger partial charge in [-0.05, 0) is 36.2 Å². The van der Waals surface area contributed by atoms with E-state index in [0.29, 0.717) is 35.6 Å². The predicted molar refractivity (Wildman–Crippen MR) is 99.5 cm³/mol. The minimum Gasteiger partial charge on any atom is -0.298 e. The maximum atomic E-state index is 13.7. The quantitative estimate of drug-likeness (QED) is 0.591. The van der Waals surface area contributed by atoms with E-state index < -0.39 is 5.82 Å². The number of Topliss-reactive ketones (excluding diaryl/α,β-unsaturated/α-hetero) is 1. The fraction of sp³-hybridized carbons (Fsp3) is 0.250. The lowest BCUT2D eigenvalue weighted by molar-refractivity contribution is -0.119. The highest BCUT2D eigenvalue weighted by Crippen LogP contribution is 2.22. The fourth-order valence-electron chi connectivity index (χ4n) is 2.74. The molecular formula is C20H18ClF2N3O. The topological polar surface area (TPSA) is 47.8 Å². The summed E-state index contributed by atoms with van der Waals surface area (Å²) in [5.74, 6) is 0.0208. The van der Waals surface area contributed by atoms with Crippen LogP contribution in [0.3, 0.4) is 0 Å². The van der Waals surface area contributed by atoms with E-state index in [1.807, 2.05) is 6.92 Å². The van der Waals surface area contributed by atoms with E-state index in [2.05, 4.69) is 10.1 Å². The van der Waals surface area contributed by atoms with Gasteiger partial charge in [0.05, 0.1) is 5.02 Å². The van der Waals surface area contributed by atoms with Gasteiger partial charge in [-0.2, -0.15) is 5.10 Å². The highest BCUT2D eigenvalue weighted by atomic mass is 35.5. The van der Waals surface area contributed by atoms with Crippen molar-refractivity contribution < 1.29 is 13.6 Å². The van der Waals surface area contributed by atoms with Crippen LogP contribution in [0.25, 0.3) is 11.4 Å². The summed E-state index contributed by atoms with van der Waals surface area (Å²) in [6.45, 7) is 1.94. The summed E-state index contributed by atoms with van der Waals surface area (Å²) in [4.78, 5) is 16.7. The number of aryl methyl sites for hydroxylation is 2. The van der Waals surface area contributed by atoms with Crippen molar-refractivity contribution in [2.75, 3.05) is 0 Å². The van der Waals surface area contributed by atoms with Gasteiger partial charge in [0.1, 0.15) is 24.0 Å². The van der Waals surface area contributed by atoms with Crippen molar-refractivity contribution in [2.24, 2.45) is 0 Å². The number of ketones is 1. The Morgan fingerprint density at radius 1 is 1.15 bits per heavy atom. The largest absolute Gasteiger partial charge is 0.298 e. The molecule has 7 heteroatoms. The molecule has 0 radical (unpaired) electrons. The lowest BCUT2D eigenvalue weighted by atomic mass is 10.1. The average Bonchev–Trinajstić information content (AvgIpc) is 3.06. The van der Waals surface area contributed by atoms with Gasteiger partial charge in [0.2, 0.25) is 0 Å². The molecule has 3 rings (SSSR count). The summed E-state index contributed by atoms with van der Waals surface area (Å²) < 4.78 is 28.9. The number of carbonyl (C=O) groups excluding carboxylic acids is 1. The van der Waals surface area contributed by atoms with E-state index in [1.54, 1.807) is 24.3 Å². The molecule has 0 aliphatic rings. The molecule has 0 bridgehead atoms. The molecule has 27 heavy (non-hydrogen) atoms. The highest BCUT2D eigenvalue weighted by molar-refractivity contribution is 6.30. The summed E-state index contributed by atoms with van der Waals surface area (Å²) >= 11 is 5.70. The summed E-state index contributed by atoms with van der Waals surface area (Å²) in [5.41, 5.74) is 1.00. The minimum absolute atomic E-state index is 0.0252. The smallest absolute Gasteiger partial charge is 0.181 e. The molecule has 0 fully saturated rings. The van der Waals surface area contributed by atoms with E-state index in [1.165, 1.54) is 22.9 Å². The maximum Gasteiger partial charge on any atom is 0.181 e. The average molecular weight is 390 g/mol. The van der Waals surface area contributed by atoms with Crippen LogP contribution in [0.15, 0.2) is 42.5 Å². The number of nitrogens with zero attached hydrogens (tertiary/aromatic N) is 3. The number of hydrogen-bond acceptors (Lipinski definition) is 3. The van der Waals surface area contributed by atoms with E-state index >= 15 is 0 Å². The molecule has 3 aromatic rings. The zero-order chi connectivity index (χ0) is 19.4. The molecule has 1 aromatic heterocycles. The number of hydrogen-bond donors (Lipinski definition) is 0. The van der Waals surface area contributed by atoms with Crippen LogP contribution in [0.2, 0.25) is 5.02 Å². The number of aromatic nitrogens is 3. The second kappa shape index (κ2) is 8.39. The van der Waals surface area contributed by atoms with Gasteiger partial charge in [-0.15, -0.1) is 0 Å². The molecule has 0 unspecified atom stereocenters. The van der Waals surface area contributed by atoms with Crippen molar-refractivity contribution in [3.05, 3.63) is 70.5 Å². The molecule has 0 saturated heterocycles. The monoisotopic (exact) mass is 389 g/mol. The first kappa shape index (κ1) is 19.2. The lowest BCUT2D eigenvalue weighted by Gasteiger charge is -2.05. The molecule has 1 heterocycles. The summed E-state index contributed by atoms with van der Waals surface area (Å²) in [6, 6.07) is 10.7. The first-order valence-electron chi connectivity index (χ1n) is 8.62. The zero-order valence-corrected chi connectivity index (χ0v) is 15.5. The van der Waals surface area contributed by atoms with Crippen molar-refractivity contribution in [1.29, 1.82) is 0 Å². The number of carbonyl (C=O) groups is 1. The van der Waals surface area contributed by atoms with Crippen molar-refractivity contribution in [1.82, 2.24) is 14.8 Å². The van der Waals surface area contributed by atoms with Gasteiger partial charge < -0.3 is 0 Å². The fourth-order valence-corrected chi connectivity index (χ4v) is 2.86. The van der Waals surface area contributed by atoms with Crippen LogP contribution in [0, 0.1) is 11.6 Å². The van der Waals surface area contributed by atoms with Crippen molar-refractivity contribution in [3.63, 3.8) is 0 Å². The Morgan fingerprint density at radius 2 is 1.93 bits per heavy atom. The third kappa shape index (κ3) is 4.57. The molecule has 0 aliphatic heterocycles. The van der Waals surface area contributed by atoms with E-state index in [9.17, 15) is 13.6 Å². The minimum atomic E-state index is -0.551. The van der Waals surface area contributed by atoms with Gasteiger partial charge in [-0.1, -0.05) is 36.7 Å². The summed E-state index contributed by atoms with van der Waals surface area (Å²) in [5, 5.41) is 4.36. The van der Waals surface area contributed by atoms with Crippen LogP contribution in [0.4, 0.5) is 8.78 Å². The van der Waals surface area contributed by atoms with Crippen LogP contribution >= 0.6 is 11.6 Å². The van der Waals surface area contributed by atoms with Gasteiger partial charge in [0.25, 0.3) is 0 Å². The van der Waals surface area contributed by atoms with Crippen LogP contribution in [-0.2, 0) is 24.2 Å². The van der Waals surface area contributed by atoms with Crippen molar-refractivity contribution in [3.8, 4) is 11.4 Å². The second-order valence-electron chi connectivity index (χ2n) is 6.12. The summed E-state index contributed by atoms with van der Waals surface area (Å²) in [7, 11) is 0. The SMILES string of the molecule is CCc1nc(-c2ccc(Cl)c(F)c2)nn1CC(=O)CCc1ccccc1F. The maximum absolute atomic E-state index is 13.7. The van der Waals surface area contributed by atoms with Crippen LogP contribution < -0.4 is 0 Å². The first-order valence-corrected chi connectivity index (χ1v) is 9.00. The predicted octanol–water partition coefficient (Wildman–Crippen LogP) is 4.64. The van der Waals surface area contributed by atoms with Crippen molar-refractivity contribution >= 4 is 17.4 Å². The van der Waals surface area contributed by atoms with Crippen LogP contribution in [0.5, 0.6) is 0 Å². The molecule has 2 aromatic carbocycles. The molecule has 0 N–H and O–H groups in total. The zero-order valence-electron chi connectivity index (χ0n) is 14.8. The standard InChI is InChI=1S/C20H18ClF2N3O/c1-2-19-24-20(14-8-10-16(21)18(23)11-14)25-26(19)12-15(27)9-7-13-5-3-4-6-17(13)22/h3-6,8,10-11H,2,7,9,12H2,1H3. The van der Waals surface area contributed by atoms with E-state index in [-0.39, 0.29) is 29.6 Å². The highest BCUT2D eigenvalue weighted by Gasteiger charge is 2.15. The number of benzene rings is 2. The molecule has 0 aliphatic carbocycles. The second-order valence-corrected chi connectivity index (χ2v) is 6.53. The van der Waals surface area contributed by atoms with Gasteiger partial charge in [0, 0.05) is 18.4 Å². The molecule has 140 valence electrons. The molecule has 0 spiro atoms. The normalized spacial score (nSPS) is 11.0. The number of halogens is 3.